The van der Waals surface area contributed by atoms with E-state index in [1.807, 2.05) is 30.3 Å². The van der Waals surface area contributed by atoms with Gasteiger partial charge in [-0.15, -0.1) is 0 Å². The second-order valence-electron chi connectivity index (χ2n) is 10.8. The minimum absolute atomic E-state index is 0.0622. The molecule has 0 amide bonds. The molecule has 38 heavy (non-hydrogen) atoms. The topological polar surface area (TPSA) is 74.5 Å². The van der Waals surface area contributed by atoms with Crippen molar-refractivity contribution in [1.29, 1.82) is 0 Å². The van der Waals surface area contributed by atoms with Crippen molar-refractivity contribution in [3.05, 3.63) is 68.7 Å². The summed E-state index contributed by atoms with van der Waals surface area (Å²) in [6, 6.07) is 11.9. The predicted octanol–water partition coefficient (Wildman–Crippen LogP) is 5.59. The molecule has 5 rings (SSSR count). The molecule has 1 saturated carbocycles. The van der Waals surface area contributed by atoms with Gasteiger partial charge in [-0.25, -0.2) is 9.98 Å². The summed E-state index contributed by atoms with van der Waals surface area (Å²) < 4.78 is 1.64. The molecule has 2 N–H and O–H groups in total. The molecule has 3 aromatic rings. The lowest BCUT2D eigenvalue weighted by Gasteiger charge is -2.35. The van der Waals surface area contributed by atoms with Gasteiger partial charge in [0, 0.05) is 48.0 Å². The van der Waals surface area contributed by atoms with Crippen molar-refractivity contribution < 1.29 is 0 Å². The molecule has 2 aromatic carbocycles. The third-order valence-corrected chi connectivity index (χ3v) is 8.26. The molecule has 1 aliphatic heterocycles. The predicted molar refractivity (Wildman–Crippen MR) is 158 cm³/mol. The number of fused-ring (bicyclic) bond motifs is 1. The zero-order chi connectivity index (χ0) is 26.6. The molecular weight excluding hydrogens is 519 g/mol. The van der Waals surface area contributed by atoms with Crippen molar-refractivity contribution >= 4 is 45.8 Å². The van der Waals surface area contributed by atoms with Gasteiger partial charge >= 0.3 is 0 Å². The molecule has 0 bridgehead atoms. The number of nitrogens with zero attached hydrogens (tertiary/aromatic N) is 4. The number of halogens is 2. The first kappa shape index (κ1) is 27.0. The van der Waals surface area contributed by atoms with Crippen molar-refractivity contribution in [2.45, 2.75) is 64.6 Å². The van der Waals surface area contributed by atoms with E-state index in [1.165, 1.54) is 12.8 Å². The number of aromatic nitrogens is 2. The van der Waals surface area contributed by atoms with E-state index in [0.29, 0.717) is 46.0 Å². The quantitative estimate of drug-likeness (QED) is 0.317. The van der Waals surface area contributed by atoms with Crippen LogP contribution in [-0.4, -0.2) is 52.1 Å². The van der Waals surface area contributed by atoms with Crippen molar-refractivity contribution in [2.75, 3.05) is 25.0 Å². The van der Waals surface area contributed by atoms with Crippen LogP contribution in [0.3, 0.4) is 0 Å². The zero-order valence-electron chi connectivity index (χ0n) is 22.1. The number of piperazine rings is 1. The van der Waals surface area contributed by atoms with E-state index in [0.717, 1.165) is 55.6 Å². The number of aryl methyl sites for hydroxylation is 2. The molecule has 0 spiro atoms. The summed E-state index contributed by atoms with van der Waals surface area (Å²) in [7, 11) is 0. The Hall–Kier alpha value is -2.61. The molecule has 0 unspecified atom stereocenters. The Kier molecular flexibility index (Phi) is 8.56. The first-order chi connectivity index (χ1) is 18.4. The fraction of sp³-hybridized carbons (Fsp3) is 0.483. The zero-order valence-corrected chi connectivity index (χ0v) is 23.6. The van der Waals surface area contributed by atoms with Gasteiger partial charge in [0.15, 0.2) is 5.96 Å². The number of hydrogen-bond donors (Lipinski definition) is 2. The fourth-order valence-electron chi connectivity index (χ4n) is 5.35. The normalized spacial score (nSPS) is 22.6. The Labute approximate surface area is 234 Å². The highest BCUT2D eigenvalue weighted by molar-refractivity contribution is 6.35. The maximum Gasteiger partial charge on any atom is 0.261 e. The number of nitrogens with one attached hydrogen (secondary N) is 2. The summed E-state index contributed by atoms with van der Waals surface area (Å²) in [4.78, 5) is 25.4. The molecule has 0 radical (unpaired) electrons. The monoisotopic (exact) mass is 554 g/mol. The molecule has 1 aromatic heterocycles. The average Bonchev–Trinajstić information content (AvgIpc) is 2.90. The highest BCUT2D eigenvalue weighted by Crippen LogP contribution is 2.26. The molecule has 1 saturated heterocycles. The van der Waals surface area contributed by atoms with E-state index < -0.39 is 0 Å². The molecule has 7 nitrogen and oxygen atoms in total. The van der Waals surface area contributed by atoms with Gasteiger partial charge in [-0.3, -0.25) is 9.36 Å². The Bertz CT molecular complexity index is 1360. The summed E-state index contributed by atoms with van der Waals surface area (Å²) in [5.41, 5.74) is 2.45. The number of aliphatic imine (C=N–C) groups is 1. The lowest BCUT2D eigenvalue weighted by Crippen LogP contribution is -2.53. The Morgan fingerprint density at radius 3 is 2.71 bits per heavy atom. The Morgan fingerprint density at radius 1 is 1.13 bits per heavy atom. The van der Waals surface area contributed by atoms with Crippen molar-refractivity contribution in [3.63, 3.8) is 0 Å². The lowest BCUT2D eigenvalue weighted by atomic mass is 9.88. The van der Waals surface area contributed by atoms with Crippen LogP contribution in [-0.2, 0) is 13.0 Å². The van der Waals surface area contributed by atoms with Crippen LogP contribution in [0.25, 0.3) is 10.9 Å². The van der Waals surface area contributed by atoms with Crippen LogP contribution >= 0.6 is 23.2 Å². The van der Waals surface area contributed by atoms with Gasteiger partial charge in [-0.05, 0) is 80.8 Å². The van der Waals surface area contributed by atoms with Crippen LogP contribution in [0.15, 0.2) is 52.5 Å². The van der Waals surface area contributed by atoms with E-state index in [4.69, 9.17) is 28.2 Å². The summed E-state index contributed by atoms with van der Waals surface area (Å²) in [6.45, 7) is 7.78. The summed E-state index contributed by atoms with van der Waals surface area (Å²) in [5.74, 6) is 1.71. The lowest BCUT2D eigenvalue weighted by molar-refractivity contribution is 0.297. The average molecular weight is 556 g/mol. The highest BCUT2D eigenvalue weighted by Gasteiger charge is 2.23. The number of guanidine groups is 1. The van der Waals surface area contributed by atoms with Gasteiger partial charge in [-0.2, -0.15) is 0 Å². The highest BCUT2D eigenvalue weighted by atomic mass is 35.5. The number of hydrogen-bond acceptors (Lipinski definition) is 4. The van der Waals surface area contributed by atoms with Crippen LogP contribution in [0.5, 0.6) is 0 Å². The maximum atomic E-state index is 13.2. The fourth-order valence-corrected chi connectivity index (χ4v) is 5.85. The van der Waals surface area contributed by atoms with Gasteiger partial charge in [-0.1, -0.05) is 36.2 Å². The first-order valence-corrected chi connectivity index (χ1v) is 14.4. The number of anilines is 1. The van der Waals surface area contributed by atoms with Crippen LogP contribution < -0.4 is 16.2 Å². The third-order valence-electron chi connectivity index (χ3n) is 7.68. The Balaban J connectivity index is 1.35. The van der Waals surface area contributed by atoms with E-state index in [-0.39, 0.29) is 5.56 Å². The van der Waals surface area contributed by atoms with Crippen LogP contribution in [0.1, 0.15) is 45.1 Å². The molecule has 9 heteroatoms. The van der Waals surface area contributed by atoms with Crippen LogP contribution in [0, 0.1) is 5.92 Å². The van der Waals surface area contributed by atoms with Crippen molar-refractivity contribution in [3.8, 4) is 0 Å². The maximum absolute atomic E-state index is 13.2. The SMILES string of the molecule is CC1CCC(/N=C(/Nc2ccc3c(=O)n(CCc4ccc(Cl)cc4Cl)cnc3c2)N2CCN[C@@H](C)C2)CC1. The van der Waals surface area contributed by atoms with E-state index in [2.05, 4.69) is 34.4 Å². The molecule has 1 aliphatic carbocycles. The summed E-state index contributed by atoms with van der Waals surface area (Å²) >= 11 is 12.3. The van der Waals surface area contributed by atoms with Crippen LogP contribution in [0.2, 0.25) is 10.0 Å². The minimum Gasteiger partial charge on any atom is -0.340 e. The minimum atomic E-state index is -0.0622. The van der Waals surface area contributed by atoms with Gasteiger partial charge < -0.3 is 15.5 Å². The molecule has 1 atom stereocenters. The van der Waals surface area contributed by atoms with Gasteiger partial charge in [0.1, 0.15) is 0 Å². The molecular formula is C29H36Cl2N6O. The Morgan fingerprint density at radius 2 is 1.95 bits per heavy atom. The summed E-state index contributed by atoms with van der Waals surface area (Å²) in [6.07, 6.45) is 6.97. The molecule has 202 valence electrons. The molecule has 2 heterocycles. The van der Waals surface area contributed by atoms with E-state index in [9.17, 15) is 4.79 Å². The smallest absolute Gasteiger partial charge is 0.261 e. The number of benzene rings is 2. The molecule has 2 aliphatic rings. The van der Waals surface area contributed by atoms with E-state index >= 15 is 0 Å². The van der Waals surface area contributed by atoms with Crippen molar-refractivity contribution in [2.24, 2.45) is 10.9 Å². The number of rotatable bonds is 5. The second-order valence-corrected chi connectivity index (χ2v) is 11.6. The standard InChI is InChI=1S/C29H36Cl2N6O/c1-19-3-7-23(8-4-19)34-29(36-14-12-32-20(2)17-36)35-24-9-10-25-27(16-24)33-18-37(28(25)38)13-11-21-5-6-22(30)15-26(21)31/h5-6,9-10,15-16,18-20,23,32H,3-4,7-8,11-14,17H2,1-2H3,(H,34,35)/t19?,20-,23?/m0/s1. The molecule has 2 fully saturated rings. The van der Waals surface area contributed by atoms with Crippen LogP contribution in [0.4, 0.5) is 5.69 Å². The third kappa shape index (κ3) is 6.50. The largest absolute Gasteiger partial charge is 0.340 e. The summed E-state index contributed by atoms with van der Waals surface area (Å²) in [5, 5.41) is 8.90. The van der Waals surface area contributed by atoms with Gasteiger partial charge in [0.05, 0.1) is 23.3 Å². The van der Waals surface area contributed by atoms with Crippen molar-refractivity contribution in [1.82, 2.24) is 19.8 Å². The van der Waals surface area contributed by atoms with Gasteiger partial charge in [0.25, 0.3) is 5.56 Å². The van der Waals surface area contributed by atoms with E-state index in [1.54, 1.807) is 17.0 Å². The van der Waals surface area contributed by atoms with Gasteiger partial charge in [0.2, 0.25) is 0 Å². The first-order valence-electron chi connectivity index (χ1n) is 13.6. The second kappa shape index (κ2) is 12.1.